The van der Waals surface area contributed by atoms with E-state index in [-0.39, 0.29) is 41.6 Å². The summed E-state index contributed by atoms with van der Waals surface area (Å²) in [6, 6.07) is 15.4. The molecule has 0 saturated heterocycles. The average molecular weight is 848 g/mol. The van der Waals surface area contributed by atoms with Gasteiger partial charge in [-0.3, -0.25) is 0 Å². The SMILES string of the molecule is Fc1c(Cl)c(Cl)c(F)c2c(Cl)c3c(c(Cl)c12)-c1ccc2c4ccc5c6c(ccc(c7ccc-3c1c27)c64)-c1c-5c(Cl)c2c(F)c(Cl)c(Cl)c(F)c2c1Cl. The standard InChI is InChI=1S/C40H8Cl8F4/c41-29-21-13-5-1-9-10-2-6-15-20-16(24-23(15)31(43)27-28(32(24)44)40(52)36(48)35(47)39(27)51)8-4-12(18(10)20)11-3-7-14(19(13)17(9)11)22(21)30(42)26-25(29)37(49)33(45)34(46)38(26)50/h1-8H. The monoisotopic (exact) mass is 844 g/mol. The molecule has 0 atom stereocenters. The Hall–Kier alpha value is -3.16. The van der Waals surface area contributed by atoms with Gasteiger partial charge in [0.25, 0.3) is 0 Å². The van der Waals surface area contributed by atoms with Gasteiger partial charge in [-0.25, -0.2) is 17.6 Å². The lowest BCUT2D eigenvalue weighted by atomic mass is 9.86. The quantitative estimate of drug-likeness (QED) is 0.0469. The Morgan fingerprint density at radius 3 is 0.673 bits per heavy atom. The maximum Gasteiger partial charge on any atom is 0.152 e. The third-order valence-corrected chi connectivity index (χ3v) is 13.9. The highest BCUT2D eigenvalue weighted by Gasteiger charge is 2.36. The van der Waals surface area contributed by atoms with Crippen molar-refractivity contribution in [3.05, 3.63) is 112 Å². The predicted octanol–water partition coefficient (Wildman–Crippen LogP) is 17.1. The molecule has 0 heterocycles. The molecule has 0 amide bonds. The molecule has 0 unspecified atom stereocenters. The predicted molar refractivity (Wildman–Crippen MR) is 211 cm³/mol. The Kier molecular flexibility index (Phi) is 6.41. The van der Waals surface area contributed by atoms with Crippen molar-refractivity contribution in [2.75, 3.05) is 0 Å². The Morgan fingerprint density at radius 2 is 0.462 bits per heavy atom. The molecule has 0 bridgehead atoms. The fourth-order valence-electron chi connectivity index (χ4n) is 8.76. The topological polar surface area (TPSA) is 0 Å². The van der Waals surface area contributed by atoms with Crippen LogP contribution >= 0.6 is 92.8 Å². The second kappa shape index (κ2) is 10.3. The summed E-state index contributed by atoms with van der Waals surface area (Å²) >= 11 is 52.1. The zero-order chi connectivity index (χ0) is 36.1. The van der Waals surface area contributed by atoms with Crippen molar-refractivity contribution in [1.82, 2.24) is 0 Å². The molecule has 0 radical (unpaired) electrons. The van der Waals surface area contributed by atoms with E-state index < -0.39 is 43.4 Å². The van der Waals surface area contributed by atoms with Gasteiger partial charge in [-0.2, -0.15) is 0 Å². The molecule has 9 aromatic carbocycles. The van der Waals surface area contributed by atoms with Gasteiger partial charge in [0.05, 0.1) is 40.2 Å². The highest BCUT2D eigenvalue weighted by molar-refractivity contribution is 6.53. The molecule has 252 valence electrons. The average Bonchev–Trinajstić information content (AvgIpc) is 3.67. The van der Waals surface area contributed by atoms with Gasteiger partial charge in [0.1, 0.15) is 0 Å². The van der Waals surface area contributed by atoms with Crippen molar-refractivity contribution in [1.29, 1.82) is 0 Å². The van der Waals surface area contributed by atoms with Crippen LogP contribution in [-0.2, 0) is 0 Å². The second-order valence-electron chi connectivity index (χ2n) is 12.9. The highest BCUT2D eigenvalue weighted by atomic mass is 35.5. The summed E-state index contributed by atoms with van der Waals surface area (Å²) in [5.41, 5.74) is 4.62. The molecule has 0 aromatic heterocycles. The van der Waals surface area contributed by atoms with Crippen molar-refractivity contribution in [3.8, 4) is 44.5 Å². The Balaban J connectivity index is 1.28. The maximum atomic E-state index is 15.6. The van der Waals surface area contributed by atoms with Gasteiger partial charge in [-0.1, -0.05) is 141 Å². The number of benzene rings is 9. The summed E-state index contributed by atoms with van der Waals surface area (Å²) in [5.74, 6) is -3.86. The molecular formula is C40H8Cl8F4. The zero-order valence-electron chi connectivity index (χ0n) is 25.2. The van der Waals surface area contributed by atoms with Crippen LogP contribution in [0.1, 0.15) is 0 Å². The first-order chi connectivity index (χ1) is 24.9. The summed E-state index contributed by atoms with van der Waals surface area (Å²) in [7, 11) is 0. The zero-order valence-corrected chi connectivity index (χ0v) is 31.2. The van der Waals surface area contributed by atoms with Crippen molar-refractivity contribution >= 4 is 157 Å². The maximum absolute atomic E-state index is 15.6. The van der Waals surface area contributed by atoms with Gasteiger partial charge >= 0.3 is 0 Å². The summed E-state index contributed by atoms with van der Waals surface area (Å²) in [4.78, 5) is 0. The van der Waals surface area contributed by atoms with E-state index in [4.69, 9.17) is 92.8 Å². The van der Waals surface area contributed by atoms with Gasteiger partial charge in [0, 0.05) is 43.8 Å². The lowest BCUT2D eigenvalue weighted by molar-refractivity contribution is 0.618. The number of hydrogen-bond acceptors (Lipinski definition) is 0. The smallest absolute Gasteiger partial charge is 0.152 e. The number of hydrogen-bond donors (Lipinski definition) is 0. The fraction of sp³-hybridized carbons (Fsp3) is 0. The summed E-state index contributed by atoms with van der Waals surface area (Å²) < 4.78 is 62.5. The minimum atomic E-state index is -0.966. The Labute approximate surface area is 329 Å². The Morgan fingerprint density at radius 1 is 0.250 bits per heavy atom. The van der Waals surface area contributed by atoms with Crippen LogP contribution in [0.15, 0.2) is 48.5 Å². The molecule has 2 aliphatic carbocycles. The van der Waals surface area contributed by atoms with E-state index in [0.717, 1.165) is 43.1 Å². The molecule has 0 spiro atoms. The molecule has 0 N–H and O–H groups in total. The van der Waals surface area contributed by atoms with E-state index in [0.29, 0.717) is 44.5 Å². The molecule has 0 nitrogen and oxygen atoms in total. The molecule has 0 fully saturated rings. The van der Waals surface area contributed by atoms with Gasteiger partial charge in [-0.05, 0) is 65.3 Å². The minimum absolute atomic E-state index is 0.0368. The normalized spacial score (nSPS) is 13.0. The van der Waals surface area contributed by atoms with Crippen LogP contribution in [0.2, 0.25) is 40.2 Å². The van der Waals surface area contributed by atoms with Crippen molar-refractivity contribution < 1.29 is 17.6 Å². The van der Waals surface area contributed by atoms with E-state index in [9.17, 15) is 0 Å². The van der Waals surface area contributed by atoms with E-state index in [1.54, 1.807) is 0 Å². The third-order valence-electron chi connectivity index (χ3n) is 10.8. The van der Waals surface area contributed by atoms with Crippen molar-refractivity contribution in [2.24, 2.45) is 0 Å². The minimum Gasteiger partial charge on any atom is -0.205 e. The lowest BCUT2D eigenvalue weighted by Crippen LogP contribution is -1.95. The van der Waals surface area contributed by atoms with Crippen LogP contribution in [0.3, 0.4) is 0 Å². The highest BCUT2D eigenvalue weighted by Crippen LogP contribution is 2.62. The molecular weight excluding hydrogens is 840 g/mol. The van der Waals surface area contributed by atoms with Gasteiger partial charge < -0.3 is 0 Å². The van der Waals surface area contributed by atoms with Gasteiger partial charge in [0.2, 0.25) is 0 Å². The van der Waals surface area contributed by atoms with Crippen LogP contribution in [0.4, 0.5) is 17.6 Å². The van der Waals surface area contributed by atoms with Gasteiger partial charge in [-0.15, -0.1) is 0 Å². The number of rotatable bonds is 0. The van der Waals surface area contributed by atoms with Crippen LogP contribution in [0.25, 0.3) is 109 Å². The third kappa shape index (κ3) is 3.45. The van der Waals surface area contributed by atoms with E-state index in [1.807, 2.05) is 48.5 Å². The van der Waals surface area contributed by atoms with Crippen LogP contribution in [-0.4, -0.2) is 0 Å². The van der Waals surface area contributed by atoms with Crippen molar-refractivity contribution in [3.63, 3.8) is 0 Å². The molecule has 11 rings (SSSR count). The lowest BCUT2D eigenvalue weighted by Gasteiger charge is -2.17. The molecule has 2 aliphatic rings. The number of halogens is 12. The van der Waals surface area contributed by atoms with Crippen molar-refractivity contribution in [2.45, 2.75) is 0 Å². The summed E-state index contributed by atoms with van der Waals surface area (Å²) in [6.45, 7) is 0. The van der Waals surface area contributed by atoms with E-state index in [2.05, 4.69) is 0 Å². The van der Waals surface area contributed by atoms with Crippen LogP contribution in [0.5, 0.6) is 0 Å². The Bertz CT molecular complexity index is 2890. The fourth-order valence-corrected chi connectivity index (χ4v) is 11.0. The van der Waals surface area contributed by atoms with E-state index >= 15 is 17.6 Å². The van der Waals surface area contributed by atoms with E-state index in [1.165, 1.54) is 0 Å². The first-order valence-electron chi connectivity index (χ1n) is 15.4. The van der Waals surface area contributed by atoms with Crippen LogP contribution < -0.4 is 0 Å². The second-order valence-corrected chi connectivity index (χ2v) is 15.9. The molecule has 52 heavy (non-hydrogen) atoms. The first-order valence-corrected chi connectivity index (χ1v) is 18.4. The van der Waals surface area contributed by atoms with Gasteiger partial charge in [0.15, 0.2) is 23.3 Å². The summed E-state index contributed by atoms with van der Waals surface area (Å²) in [6.07, 6.45) is 0. The largest absolute Gasteiger partial charge is 0.205 e. The number of fused-ring (bicyclic) bond motifs is 10. The van der Waals surface area contributed by atoms with Crippen LogP contribution in [0, 0.1) is 23.3 Å². The molecule has 0 saturated carbocycles. The first kappa shape index (κ1) is 32.3. The molecule has 9 aromatic rings. The molecule has 0 aliphatic heterocycles. The summed E-state index contributed by atoms with van der Waals surface area (Å²) in [5, 5.41) is 3.43. The molecule has 12 heteroatoms.